The smallest absolute Gasteiger partial charge is 0.264 e. The Kier molecular flexibility index (Phi) is 9.45. The van der Waals surface area contributed by atoms with Gasteiger partial charge in [-0.3, -0.25) is 4.55 Å². The van der Waals surface area contributed by atoms with Gasteiger partial charge in [0.1, 0.15) is 0 Å². The summed E-state index contributed by atoms with van der Waals surface area (Å²) in [5.41, 5.74) is 0. The molecule has 152 valence electrons. The fourth-order valence-electron chi connectivity index (χ4n) is 1.72. The van der Waals surface area contributed by atoms with Gasteiger partial charge in [0.2, 0.25) is 10.0 Å². The van der Waals surface area contributed by atoms with Crippen molar-refractivity contribution in [1.29, 1.82) is 0 Å². The summed E-state index contributed by atoms with van der Waals surface area (Å²) < 4.78 is 102. The monoisotopic (exact) mass is 445 g/mol. The summed E-state index contributed by atoms with van der Waals surface area (Å²) in [4.78, 5) is 0. The van der Waals surface area contributed by atoms with Crippen LogP contribution in [-0.2, 0) is 39.8 Å². The Morgan fingerprint density at radius 1 is 0.800 bits per heavy atom. The van der Waals surface area contributed by atoms with E-state index < -0.39 is 87.0 Å². The number of aliphatic hydroxyl groups is 1. The molecule has 0 bridgehead atoms. The van der Waals surface area contributed by atoms with Gasteiger partial charge < -0.3 is 5.11 Å². The van der Waals surface area contributed by atoms with Crippen LogP contribution < -0.4 is 4.72 Å². The van der Waals surface area contributed by atoms with Gasteiger partial charge in [0.25, 0.3) is 10.1 Å². The van der Waals surface area contributed by atoms with E-state index in [1.54, 1.807) is 0 Å². The molecule has 0 spiro atoms. The van der Waals surface area contributed by atoms with Crippen molar-refractivity contribution in [2.45, 2.75) is 25.8 Å². The average Bonchev–Trinajstić information content (AvgIpc) is 2.33. The standard InChI is InChI=1S/C10H23NO10S4/c1-10(8-12)11-24(17,18)6-2-4-22(13,14)9-23(15,16)5-3-7-25(19,20)21/h10-12H,2-9H2,1H3,(H,19,20,21). The molecule has 0 aliphatic rings. The van der Waals surface area contributed by atoms with E-state index in [2.05, 4.69) is 4.72 Å². The Hall–Kier alpha value is -0.320. The third-order valence-electron chi connectivity index (χ3n) is 2.74. The van der Waals surface area contributed by atoms with Crippen LogP contribution in [0.1, 0.15) is 19.8 Å². The zero-order valence-corrected chi connectivity index (χ0v) is 16.8. The average molecular weight is 446 g/mol. The van der Waals surface area contributed by atoms with Crippen molar-refractivity contribution in [3.8, 4) is 0 Å². The maximum atomic E-state index is 11.8. The second-order valence-electron chi connectivity index (χ2n) is 5.53. The van der Waals surface area contributed by atoms with E-state index >= 15 is 0 Å². The van der Waals surface area contributed by atoms with Crippen LogP contribution in [0.25, 0.3) is 0 Å². The summed E-state index contributed by atoms with van der Waals surface area (Å²) in [6.45, 7) is 0.979. The van der Waals surface area contributed by atoms with Crippen molar-refractivity contribution in [2.75, 3.05) is 34.7 Å². The Morgan fingerprint density at radius 2 is 1.24 bits per heavy atom. The van der Waals surface area contributed by atoms with E-state index in [9.17, 15) is 33.7 Å². The molecule has 3 N–H and O–H groups in total. The first-order chi connectivity index (χ1) is 11.1. The molecule has 0 aromatic rings. The first-order valence-electron chi connectivity index (χ1n) is 7.04. The molecule has 0 saturated heterocycles. The van der Waals surface area contributed by atoms with Crippen molar-refractivity contribution in [3.05, 3.63) is 0 Å². The molecule has 0 aliphatic heterocycles. The topological polar surface area (TPSA) is 189 Å². The fraction of sp³-hybridized carbons (Fsp3) is 1.00. The molecule has 0 aliphatic carbocycles. The highest BCUT2D eigenvalue weighted by atomic mass is 32.3. The maximum absolute atomic E-state index is 11.8. The van der Waals surface area contributed by atoms with E-state index in [1.807, 2.05) is 0 Å². The highest BCUT2D eigenvalue weighted by Gasteiger charge is 2.24. The molecule has 0 heterocycles. The molecule has 11 nitrogen and oxygen atoms in total. The first kappa shape index (κ1) is 24.7. The third-order valence-corrected chi connectivity index (χ3v) is 9.83. The highest BCUT2D eigenvalue weighted by Crippen LogP contribution is 2.05. The minimum absolute atomic E-state index is 0.337. The summed E-state index contributed by atoms with van der Waals surface area (Å²) in [6.07, 6.45) is -0.787. The number of sulfone groups is 2. The van der Waals surface area contributed by atoms with Crippen LogP contribution in [-0.4, -0.2) is 84.1 Å². The SMILES string of the molecule is CC(CO)NS(=O)(=O)CCCS(=O)(=O)CS(=O)(=O)CCCS(=O)(=O)O. The molecule has 15 heteroatoms. The van der Waals surface area contributed by atoms with E-state index in [1.165, 1.54) is 6.92 Å². The molecular formula is C10H23NO10S4. The lowest BCUT2D eigenvalue weighted by Crippen LogP contribution is -2.37. The Morgan fingerprint density at radius 3 is 1.64 bits per heavy atom. The van der Waals surface area contributed by atoms with Gasteiger partial charge in [-0.1, -0.05) is 0 Å². The first-order valence-corrected chi connectivity index (χ1v) is 13.9. The molecule has 0 rings (SSSR count). The highest BCUT2D eigenvalue weighted by molar-refractivity contribution is 8.08. The predicted molar refractivity (Wildman–Crippen MR) is 91.6 cm³/mol. The van der Waals surface area contributed by atoms with Gasteiger partial charge in [0.15, 0.2) is 24.8 Å². The summed E-state index contributed by atoms with van der Waals surface area (Å²) in [6, 6.07) is -0.732. The number of hydrogen-bond acceptors (Lipinski definition) is 9. The number of rotatable bonds is 13. The molecule has 0 saturated carbocycles. The Labute approximate surface area is 148 Å². The third kappa shape index (κ3) is 13.5. The molecule has 1 unspecified atom stereocenters. The molecule has 1 atom stereocenters. The van der Waals surface area contributed by atoms with Gasteiger partial charge in [-0.2, -0.15) is 8.42 Å². The van der Waals surface area contributed by atoms with Gasteiger partial charge in [-0.25, -0.2) is 30.0 Å². The lowest BCUT2D eigenvalue weighted by Gasteiger charge is -2.11. The van der Waals surface area contributed by atoms with Crippen molar-refractivity contribution in [1.82, 2.24) is 4.72 Å². The second kappa shape index (κ2) is 9.57. The molecule has 0 aromatic heterocycles. The Balaban J connectivity index is 4.54. The summed E-state index contributed by atoms with van der Waals surface area (Å²) in [5, 5.41) is 7.53. The maximum Gasteiger partial charge on any atom is 0.264 e. The zero-order valence-electron chi connectivity index (χ0n) is 13.5. The largest absolute Gasteiger partial charge is 0.395 e. The second-order valence-corrected chi connectivity index (χ2v) is 13.7. The minimum Gasteiger partial charge on any atom is -0.395 e. The summed E-state index contributed by atoms with van der Waals surface area (Å²) in [5.74, 6) is -2.78. The van der Waals surface area contributed by atoms with Gasteiger partial charge in [-0.15, -0.1) is 0 Å². The molecule has 0 radical (unpaired) electrons. The molecule has 0 fully saturated rings. The molecule has 0 aromatic carbocycles. The van der Waals surface area contributed by atoms with Gasteiger partial charge in [0, 0.05) is 6.04 Å². The fourth-order valence-corrected chi connectivity index (χ4v) is 8.23. The quantitative estimate of drug-likeness (QED) is 0.261. The lowest BCUT2D eigenvalue weighted by atomic mass is 10.4. The number of sulfonamides is 1. The van der Waals surface area contributed by atoms with Crippen molar-refractivity contribution < 1.29 is 43.3 Å². The van der Waals surface area contributed by atoms with Crippen LogP contribution in [0, 0.1) is 0 Å². The van der Waals surface area contributed by atoms with Crippen LogP contribution in [0.5, 0.6) is 0 Å². The molecule has 0 amide bonds. The van der Waals surface area contributed by atoms with Crippen molar-refractivity contribution in [2.24, 2.45) is 0 Å². The molecular weight excluding hydrogens is 422 g/mol. The number of hydrogen-bond donors (Lipinski definition) is 3. The van der Waals surface area contributed by atoms with E-state index in [-0.39, 0.29) is 6.42 Å². The van der Waals surface area contributed by atoms with E-state index in [0.29, 0.717) is 0 Å². The Bertz CT molecular complexity index is 826. The molecule has 25 heavy (non-hydrogen) atoms. The van der Waals surface area contributed by atoms with E-state index in [0.717, 1.165) is 0 Å². The van der Waals surface area contributed by atoms with Crippen LogP contribution in [0.2, 0.25) is 0 Å². The summed E-state index contributed by atoms with van der Waals surface area (Å²) >= 11 is 0. The van der Waals surface area contributed by atoms with Crippen molar-refractivity contribution >= 4 is 39.8 Å². The van der Waals surface area contributed by atoms with Crippen LogP contribution in [0.3, 0.4) is 0 Å². The minimum atomic E-state index is -4.34. The van der Waals surface area contributed by atoms with Gasteiger partial charge in [-0.05, 0) is 19.8 Å². The number of aliphatic hydroxyl groups excluding tert-OH is 1. The van der Waals surface area contributed by atoms with Crippen LogP contribution >= 0.6 is 0 Å². The number of nitrogens with one attached hydrogen (secondary N) is 1. The van der Waals surface area contributed by atoms with Crippen molar-refractivity contribution in [3.63, 3.8) is 0 Å². The van der Waals surface area contributed by atoms with Crippen LogP contribution in [0.4, 0.5) is 0 Å². The van der Waals surface area contributed by atoms with E-state index in [4.69, 9.17) is 9.66 Å². The predicted octanol–water partition coefficient (Wildman–Crippen LogP) is -2.26. The summed E-state index contributed by atoms with van der Waals surface area (Å²) in [7, 11) is -16.4. The lowest BCUT2D eigenvalue weighted by molar-refractivity contribution is 0.265. The van der Waals surface area contributed by atoms with Gasteiger partial charge >= 0.3 is 0 Å². The van der Waals surface area contributed by atoms with Gasteiger partial charge in [0.05, 0.1) is 29.6 Å². The zero-order chi connectivity index (χ0) is 19.9. The van der Waals surface area contributed by atoms with Crippen LogP contribution in [0.15, 0.2) is 0 Å². The normalized spacial score (nSPS) is 15.2.